The Balaban J connectivity index is 2.41. The Labute approximate surface area is 96.0 Å². The van der Waals surface area contributed by atoms with E-state index in [1.165, 1.54) is 0 Å². The lowest BCUT2D eigenvalue weighted by atomic mass is 9.99. The van der Waals surface area contributed by atoms with Gasteiger partial charge in [0.2, 0.25) is 0 Å². The van der Waals surface area contributed by atoms with Crippen LogP contribution in [0.3, 0.4) is 0 Å². The van der Waals surface area contributed by atoms with Crippen molar-refractivity contribution in [2.75, 3.05) is 6.54 Å². The number of carbonyl (C=O) groups is 1. The van der Waals surface area contributed by atoms with Crippen LogP contribution in [-0.4, -0.2) is 18.6 Å². The molecule has 1 aliphatic carbocycles. The van der Waals surface area contributed by atoms with E-state index in [9.17, 15) is 18.0 Å². The minimum atomic E-state index is -4.35. The number of amides is 1. The lowest BCUT2D eigenvalue weighted by molar-refractivity contribution is -0.131. The van der Waals surface area contributed by atoms with Gasteiger partial charge in [0.05, 0.1) is 0 Å². The van der Waals surface area contributed by atoms with Crippen LogP contribution < -0.4 is 10.9 Å². The Morgan fingerprint density at radius 2 is 1.94 bits per heavy atom. The first-order valence-corrected chi connectivity index (χ1v) is 5.25. The third-order valence-corrected chi connectivity index (χ3v) is 2.58. The fourth-order valence-corrected chi connectivity index (χ4v) is 1.72. The fourth-order valence-electron chi connectivity index (χ4n) is 1.41. The normalized spacial score (nSPS) is 17.5. The molecule has 1 rings (SSSR count). The SMILES string of the molecule is O=C(NNCC(F)(F)F)C1=C(Cl)CCCC1. The molecule has 16 heavy (non-hydrogen) atoms. The molecule has 0 saturated heterocycles. The highest BCUT2D eigenvalue weighted by Gasteiger charge is 2.27. The first kappa shape index (κ1) is 13.3. The van der Waals surface area contributed by atoms with Crippen molar-refractivity contribution in [1.29, 1.82) is 0 Å². The van der Waals surface area contributed by atoms with Crippen molar-refractivity contribution in [2.45, 2.75) is 31.9 Å². The summed E-state index contributed by atoms with van der Waals surface area (Å²) in [6.07, 6.45) is -1.48. The lowest BCUT2D eigenvalue weighted by Gasteiger charge is -2.16. The maximum absolute atomic E-state index is 11.8. The lowest BCUT2D eigenvalue weighted by Crippen LogP contribution is -2.43. The van der Waals surface area contributed by atoms with Gasteiger partial charge in [0.25, 0.3) is 5.91 Å². The summed E-state index contributed by atoms with van der Waals surface area (Å²) in [6.45, 7) is -1.26. The van der Waals surface area contributed by atoms with E-state index < -0.39 is 18.6 Å². The van der Waals surface area contributed by atoms with Crippen LogP contribution in [0.1, 0.15) is 25.7 Å². The van der Waals surface area contributed by atoms with Gasteiger partial charge in [-0.1, -0.05) is 11.6 Å². The molecule has 7 heteroatoms. The van der Waals surface area contributed by atoms with Crippen LogP contribution in [0, 0.1) is 0 Å². The number of hydrogen-bond donors (Lipinski definition) is 2. The van der Waals surface area contributed by atoms with Crippen LogP contribution in [0.5, 0.6) is 0 Å². The molecule has 0 radical (unpaired) electrons. The first-order valence-electron chi connectivity index (χ1n) is 4.87. The highest BCUT2D eigenvalue weighted by Crippen LogP contribution is 2.27. The fraction of sp³-hybridized carbons (Fsp3) is 0.667. The summed E-state index contributed by atoms with van der Waals surface area (Å²) in [5.41, 5.74) is 4.19. The van der Waals surface area contributed by atoms with Crippen LogP contribution in [0.25, 0.3) is 0 Å². The Morgan fingerprint density at radius 1 is 1.31 bits per heavy atom. The van der Waals surface area contributed by atoms with Crippen molar-refractivity contribution in [3.8, 4) is 0 Å². The van der Waals surface area contributed by atoms with E-state index in [1.807, 2.05) is 10.9 Å². The van der Waals surface area contributed by atoms with Crippen molar-refractivity contribution in [3.63, 3.8) is 0 Å². The van der Waals surface area contributed by atoms with Gasteiger partial charge >= 0.3 is 6.18 Å². The standard InChI is InChI=1S/C9H12ClF3N2O/c10-7-4-2-1-3-6(7)8(16)15-14-5-9(11,12)13/h14H,1-5H2,(H,15,16). The van der Waals surface area contributed by atoms with Gasteiger partial charge in [0, 0.05) is 10.6 Å². The molecule has 0 aliphatic heterocycles. The van der Waals surface area contributed by atoms with Gasteiger partial charge in [-0.15, -0.1) is 0 Å². The molecule has 1 amide bonds. The molecule has 0 spiro atoms. The zero-order valence-corrected chi connectivity index (χ0v) is 9.21. The topological polar surface area (TPSA) is 41.1 Å². The predicted octanol–water partition coefficient (Wildman–Crippen LogP) is 2.24. The van der Waals surface area contributed by atoms with E-state index in [1.54, 1.807) is 0 Å². The molecule has 0 aromatic heterocycles. The molecular formula is C9H12ClF3N2O. The molecule has 0 atom stereocenters. The summed E-state index contributed by atoms with van der Waals surface area (Å²) >= 11 is 5.82. The third kappa shape index (κ3) is 4.40. The van der Waals surface area contributed by atoms with Crippen molar-refractivity contribution >= 4 is 17.5 Å². The number of allylic oxidation sites excluding steroid dienone is 1. The molecule has 0 heterocycles. The number of nitrogens with one attached hydrogen (secondary N) is 2. The Kier molecular flexibility index (Phi) is 4.61. The van der Waals surface area contributed by atoms with E-state index in [2.05, 4.69) is 0 Å². The van der Waals surface area contributed by atoms with E-state index in [0.717, 1.165) is 12.8 Å². The third-order valence-electron chi connectivity index (χ3n) is 2.17. The number of hydrazine groups is 1. The van der Waals surface area contributed by atoms with E-state index in [4.69, 9.17) is 11.6 Å². The maximum atomic E-state index is 11.8. The van der Waals surface area contributed by atoms with Crippen LogP contribution in [0.2, 0.25) is 0 Å². The van der Waals surface area contributed by atoms with Crippen LogP contribution in [0.15, 0.2) is 10.6 Å². The summed E-state index contributed by atoms with van der Waals surface area (Å²) in [4.78, 5) is 11.4. The smallest absolute Gasteiger partial charge is 0.287 e. The molecular weight excluding hydrogens is 245 g/mol. The van der Waals surface area contributed by atoms with E-state index in [-0.39, 0.29) is 0 Å². The van der Waals surface area contributed by atoms with Crippen molar-refractivity contribution in [2.24, 2.45) is 0 Å². The molecule has 3 nitrogen and oxygen atoms in total. The predicted molar refractivity (Wildman–Crippen MR) is 53.5 cm³/mol. The van der Waals surface area contributed by atoms with Crippen LogP contribution >= 0.6 is 11.6 Å². The van der Waals surface area contributed by atoms with Gasteiger partial charge in [-0.3, -0.25) is 10.2 Å². The number of rotatable bonds is 3. The molecule has 92 valence electrons. The Hall–Kier alpha value is -0.750. The van der Waals surface area contributed by atoms with Crippen molar-refractivity contribution in [3.05, 3.63) is 10.6 Å². The molecule has 0 bridgehead atoms. The van der Waals surface area contributed by atoms with Gasteiger partial charge < -0.3 is 0 Å². The van der Waals surface area contributed by atoms with Gasteiger partial charge in [0.15, 0.2) is 0 Å². The largest absolute Gasteiger partial charge is 0.402 e. The number of alkyl halides is 3. The Bertz CT molecular complexity index is 302. The number of halogens is 4. The van der Waals surface area contributed by atoms with Crippen molar-refractivity contribution in [1.82, 2.24) is 10.9 Å². The minimum Gasteiger partial charge on any atom is -0.287 e. The van der Waals surface area contributed by atoms with Crippen molar-refractivity contribution < 1.29 is 18.0 Å². The number of hydrogen-bond acceptors (Lipinski definition) is 2. The summed E-state index contributed by atoms with van der Waals surface area (Å²) in [7, 11) is 0. The highest BCUT2D eigenvalue weighted by molar-refractivity contribution is 6.31. The molecule has 0 fully saturated rings. The van der Waals surface area contributed by atoms with Gasteiger partial charge in [-0.05, 0) is 25.7 Å². The second-order valence-corrected chi connectivity index (χ2v) is 3.97. The first-order chi connectivity index (χ1) is 7.40. The zero-order chi connectivity index (χ0) is 12.2. The van der Waals surface area contributed by atoms with E-state index >= 15 is 0 Å². The monoisotopic (exact) mass is 256 g/mol. The molecule has 2 N–H and O–H groups in total. The molecule has 0 saturated carbocycles. The number of carbonyl (C=O) groups excluding carboxylic acids is 1. The minimum absolute atomic E-state index is 0.377. The average Bonchev–Trinajstić information content (AvgIpc) is 2.16. The van der Waals surface area contributed by atoms with Gasteiger partial charge in [-0.2, -0.15) is 13.2 Å². The quantitative estimate of drug-likeness (QED) is 0.761. The van der Waals surface area contributed by atoms with Crippen LogP contribution in [-0.2, 0) is 4.79 Å². The molecule has 1 aliphatic rings. The summed E-state index contributed by atoms with van der Waals surface area (Å²) in [5, 5.41) is 0.442. The summed E-state index contributed by atoms with van der Waals surface area (Å²) in [5.74, 6) is -0.575. The summed E-state index contributed by atoms with van der Waals surface area (Å²) in [6, 6.07) is 0. The highest BCUT2D eigenvalue weighted by atomic mass is 35.5. The van der Waals surface area contributed by atoms with E-state index in [0.29, 0.717) is 23.4 Å². The van der Waals surface area contributed by atoms with Crippen LogP contribution in [0.4, 0.5) is 13.2 Å². The summed E-state index contributed by atoms with van der Waals surface area (Å²) < 4.78 is 35.3. The van der Waals surface area contributed by atoms with Gasteiger partial charge in [-0.25, -0.2) is 5.43 Å². The molecule has 0 unspecified atom stereocenters. The second-order valence-electron chi connectivity index (χ2n) is 3.51. The Morgan fingerprint density at radius 3 is 2.50 bits per heavy atom. The van der Waals surface area contributed by atoms with Gasteiger partial charge in [0.1, 0.15) is 6.54 Å². The maximum Gasteiger partial charge on any atom is 0.402 e. The average molecular weight is 257 g/mol. The molecule has 0 aromatic carbocycles. The zero-order valence-electron chi connectivity index (χ0n) is 8.46. The second kappa shape index (κ2) is 5.54. The molecule has 0 aromatic rings.